The van der Waals surface area contributed by atoms with E-state index in [1.807, 2.05) is 36.4 Å². The van der Waals surface area contributed by atoms with Crippen molar-refractivity contribution in [2.24, 2.45) is 4.99 Å². The van der Waals surface area contributed by atoms with Gasteiger partial charge in [-0.25, -0.2) is 0 Å². The van der Waals surface area contributed by atoms with Crippen LogP contribution in [-0.2, 0) is 4.79 Å². The van der Waals surface area contributed by atoms with Gasteiger partial charge in [-0.1, -0.05) is 27.7 Å². The van der Waals surface area contributed by atoms with Crippen LogP contribution >= 0.6 is 39.5 Å². The lowest BCUT2D eigenvalue weighted by Gasteiger charge is -2.27. The average molecular weight is 449 g/mol. The van der Waals surface area contributed by atoms with Crippen molar-refractivity contribution in [2.45, 2.75) is 29.3 Å². The lowest BCUT2D eigenvalue weighted by molar-refractivity contribution is -0.113. The Kier molecular flexibility index (Phi) is 5.57. The monoisotopic (exact) mass is 448 g/mol. The second-order valence-corrected chi connectivity index (χ2v) is 9.07. The number of aliphatic imine (C=N–C) groups is 1. The van der Waals surface area contributed by atoms with E-state index in [4.69, 9.17) is 4.42 Å². The van der Waals surface area contributed by atoms with Crippen LogP contribution in [0.1, 0.15) is 25.0 Å². The van der Waals surface area contributed by atoms with Gasteiger partial charge in [0.25, 0.3) is 5.91 Å². The van der Waals surface area contributed by atoms with Crippen molar-refractivity contribution < 1.29 is 9.21 Å². The van der Waals surface area contributed by atoms with Crippen LogP contribution in [0.2, 0.25) is 0 Å². The molecular weight excluding hydrogens is 432 g/mol. The predicted octanol–water partition coefficient (Wildman–Crippen LogP) is 5.65. The molecule has 1 fully saturated rings. The fourth-order valence-electron chi connectivity index (χ4n) is 2.83. The topological polar surface area (TPSA) is 45.8 Å². The summed E-state index contributed by atoms with van der Waals surface area (Å²) in [6.45, 7) is 1.97. The minimum atomic E-state index is -0.172. The van der Waals surface area contributed by atoms with Crippen molar-refractivity contribution in [3.05, 3.63) is 51.5 Å². The molecule has 1 saturated heterocycles. The highest BCUT2D eigenvalue weighted by Crippen LogP contribution is 2.34. The molecule has 0 aliphatic carbocycles. The van der Waals surface area contributed by atoms with Gasteiger partial charge in [-0.3, -0.25) is 4.79 Å². The fraction of sp³-hybridized carbons (Fsp3) is 0.263. The van der Waals surface area contributed by atoms with E-state index in [2.05, 4.69) is 25.8 Å². The summed E-state index contributed by atoms with van der Waals surface area (Å²) >= 11 is 6.44. The van der Waals surface area contributed by atoms with E-state index in [0.717, 1.165) is 32.7 Å². The fourth-order valence-corrected chi connectivity index (χ4v) is 4.82. The maximum absolute atomic E-state index is 12.2. The number of amidine groups is 1. The van der Waals surface area contributed by atoms with Crippen molar-refractivity contribution in [3.8, 4) is 0 Å². The van der Waals surface area contributed by atoms with E-state index in [1.165, 1.54) is 31.0 Å². The summed E-state index contributed by atoms with van der Waals surface area (Å²) in [7, 11) is 0. The molecule has 1 aromatic heterocycles. The number of rotatable bonds is 3. The maximum Gasteiger partial charge on any atom is 0.286 e. The van der Waals surface area contributed by atoms with Crippen molar-refractivity contribution in [2.75, 3.05) is 13.1 Å². The van der Waals surface area contributed by atoms with Gasteiger partial charge in [0.05, 0.1) is 4.91 Å². The van der Waals surface area contributed by atoms with Crippen molar-refractivity contribution in [1.82, 2.24) is 4.90 Å². The molecule has 134 valence electrons. The van der Waals surface area contributed by atoms with Gasteiger partial charge in [0, 0.05) is 28.5 Å². The van der Waals surface area contributed by atoms with Crippen molar-refractivity contribution in [3.63, 3.8) is 0 Å². The number of hydrogen-bond acceptors (Lipinski definition) is 5. The number of piperidine rings is 1. The number of amides is 1. The summed E-state index contributed by atoms with van der Waals surface area (Å²) in [5.41, 5.74) is 0. The Morgan fingerprint density at radius 2 is 1.88 bits per heavy atom. The largest absolute Gasteiger partial charge is 0.450 e. The number of carbonyl (C=O) groups is 1. The summed E-state index contributed by atoms with van der Waals surface area (Å²) in [6, 6.07) is 11.9. The summed E-state index contributed by atoms with van der Waals surface area (Å²) in [5, 5.41) is 1.63. The molecule has 0 N–H and O–H groups in total. The highest BCUT2D eigenvalue weighted by Gasteiger charge is 2.27. The molecule has 1 amide bonds. The maximum atomic E-state index is 12.2. The molecule has 0 saturated carbocycles. The molecule has 26 heavy (non-hydrogen) atoms. The van der Waals surface area contributed by atoms with E-state index in [-0.39, 0.29) is 5.91 Å². The Labute approximate surface area is 169 Å². The summed E-state index contributed by atoms with van der Waals surface area (Å²) in [6.07, 6.45) is 5.39. The zero-order valence-corrected chi connectivity index (χ0v) is 17.2. The number of benzene rings is 1. The molecule has 2 aliphatic heterocycles. The van der Waals surface area contributed by atoms with Crippen LogP contribution < -0.4 is 0 Å². The molecule has 2 aliphatic rings. The molecule has 0 radical (unpaired) electrons. The molecule has 3 heterocycles. The normalized spacial score (nSPS) is 19.3. The molecule has 0 spiro atoms. The molecule has 4 nitrogen and oxygen atoms in total. The summed E-state index contributed by atoms with van der Waals surface area (Å²) in [5.74, 6) is 0.504. The van der Waals surface area contributed by atoms with Crippen LogP contribution in [0.15, 0.2) is 65.2 Å². The lowest BCUT2D eigenvalue weighted by Crippen LogP contribution is -2.33. The Morgan fingerprint density at radius 3 is 2.65 bits per heavy atom. The number of nitrogens with zero attached hydrogens (tertiary/aromatic N) is 2. The van der Waals surface area contributed by atoms with Crippen LogP contribution in [0.3, 0.4) is 0 Å². The molecule has 0 unspecified atom stereocenters. The molecular formula is C19H17BrN2O2S2. The quantitative estimate of drug-likeness (QED) is 0.567. The Hall–Kier alpha value is -1.44. The molecule has 4 rings (SSSR count). The zero-order valence-electron chi connectivity index (χ0n) is 14.0. The minimum Gasteiger partial charge on any atom is -0.450 e. The first kappa shape index (κ1) is 17.9. The minimum absolute atomic E-state index is 0.172. The molecule has 0 bridgehead atoms. The highest BCUT2D eigenvalue weighted by molar-refractivity contribution is 9.10. The van der Waals surface area contributed by atoms with Gasteiger partial charge in [0.2, 0.25) is 0 Å². The second kappa shape index (κ2) is 8.06. The first-order valence-corrected chi connectivity index (χ1v) is 10.9. The van der Waals surface area contributed by atoms with Gasteiger partial charge in [-0.15, -0.1) is 0 Å². The summed E-state index contributed by atoms with van der Waals surface area (Å²) < 4.78 is 6.90. The van der Waals surface area contributed by atoms with E-state index in [9.17, 15) is 4.79 Å². The van der Waals surface area contributed by atoms with Gasteiger partial charge in [0.1, 0.15) is 5.76 Å². The number of carbonyl (C=O) groups excluding carboxylic acids is 1. The average Bonchev–Trinajstić information content (AvgIpc) is 3.25. The third kappa shape index (κ3) is 4.27. The second-order valence-electron chi connectivity index (χ2n) is 6.07. The van der Waals surface area contributed by atoms with E-state index in [1.54, 1.807) is 17.8 Å². The number of hydrogen-bond donors (Lipinski definition) is 0. The molecule has 2 aromatic rings. The molecule has 1 aromatic carbocycles. The third-order valence-electron chi connectivity index (χ3n) is 4.14. The molecule has 0 atom stereocenters. The number of halogens is 1. The molecule has 7 heteroatoms. The Bertz CT molecular complexity index is 868. The predicted molar refractivity (Wildman–Crippen MR) is 110 cm³/mol. The zero-order chi connectivity index (χ0) is 17.9. The van der Waals surface area contributed by atoms with Crippen LogP contribution in [0, 0.1) is 0 Å². The highest BCUT2D eigenvalue weighted by atomic mass is 79.9. The van der Waals surface area contributed by atoms with Gasteiger partial charge in [-0.2, -0.15) is 4.99 Å². The first-order chi connectivity index (χ1) is 12.7. The van der Waals surface area contributed by atoms with Crippen molar-refractivity contribution >= 4 is 56.6 Å². The smallest absolute Gasteiger partial charge is 0.286 e. The summed E-state index contributed by atoms with van der Waals surface area (Å²) in [4.78, 5) is 20.4. The van der Waals surface area contributed by atoms with Crippen molar-refractivity contribution in [1.29, 1.82) is 0 Å². The first-order valence-electron chi connectivity index (χ1n) is 8.48. The SMILES string of the molecule is O=C1N=C(N2CCCCC2)SC1=Cc1ccc(Sc2ccc(Br)cc2)o1. The Balaban J connectivity index is 1.43. The lowest BCUT2D eigenvalue weighted by atomic mass is 10.1. The van der Waals surface area contributed by atoms with Crippen LogP contribution in [0.25, 0.3) is 6.08 Å². The van der Waals surface area contributed by atoms with Gasteiger partial charge < -0.3 is 9.32 Å². The standard InChI is InChI=1S/C19H17BrN2O2S2/c20-13-4-7-15(8-5-13)25-17-9-6-14(24-17)12-16-18(23)21-19(26-16)22-10-2-1-3-11-22/h4-9,12H,1-3,10-11H2. The van der Waals surface area contributed by atoms with Gasteiger partial charge in [-0.05, 0) is 67.4 Å². The van der Waals surface area contributed by atoms with Gasteiger partial charge >= 0.3 is 0 Å². The van der Waals surface area contributed by atoms with Gasteiger partial charge in [0.15, 0.2) is 10.3 Å². The van der Waals surface area contributed by atoms with Crippen LogP contribution in [-0.4, -0.2) is 29.1 Å². The van der Waals surface area contributed by atoms with Crippen LogP contribution in [0.5, 0.6) is 0 Å². The number of thioether (sulfide) groups is 1. The van der Waals surface area contributed by atoms with E-state index < -0.39 is 0 Å². The van der Waals surface area contributed by atoms with E-state index >= 15 is 0 Å². The van der Waals surface area contributed by atoms with E-state index in [0.29, 0.717) is 10.7 Å². The van der Waals surface area contributed by atoms with Crippen LogP contribution in [0.4, 0.5) is 0 Å². The Morgan fingerprint density at radius 1 is 1.12 bits per heavy atom. The third-order valence-corrected chi connectivity index (χ3v) is 6.64. The number of likely N-dealkylation sites (tertiary alicyclic amines) is 1. The number of furan rings is 1.